The van der Waals surface area contributed by atoms with Gasteiger partial charge < -0.3 is 15.0 Å². The molecule has 2 amide bonds. The Morgan fingerprint density at radius 1 is 1.19 bits per heavy atom. The van der Waals surface area contributed by atoms with Crippen molar-refractivity contribution in [2.45, 2.75) is 51.1 Å². The van der Waals surface area contributed by atoms with Gasteiger partial charge in [0.05, 0.1) is 18.6 Å². The number of thiophene rings is 1. The third-order valence-corrected chi connectivity index (χ3v) is 8.07. The molecule has 1 saturated carbocycles. The molecule has 0 spiro atoms. The molecule has 6 heteroatoms. The summed E-state index contributed by atoms with van der Waals surface area (Å²) in [7, 11) is 1.64. The standard InChI is InChI=1S/C25H32N2O3S/c1-16-8-6-11-20(17(16)2)26-24(28)22-18-9-4-5-10-19(18)25(29)27(13-14-30-3)23(22)21-12-7-15-31-21/h4-5,7,9-10,12,15-17,20,22-23H,6,8,11,13-14H2,1-3H3,(H,26,28)/t16-,17+,20+,22-,23-/m0/s1. The largest absolute Gasteiger partial charge is 0.383 e. The fourth-order valence-corrected chi connectivity index (χ4v) is 6.02. The molecule has 5 nitrogen and oxygen atoms in total. The van der Waals surface area contributed by atoms with Crippen molar-refractivity contribution in [1.29, 1.82) is 0 Å². The van der Waals surface area contributed by atoms with Gasteiger partial charge >= 0.3 is 0 Å². The number of hydrogen-bond donors (Lipinski definition) is 1. The van der Waals surface area contributed by atoms with Gasteiger partial charge in [0, 0.05) is 30.1 Å². The highest BCUT2D eigenvalue weighted by Crippen LogP contribution is 2.44. The number of carbonyl (C=O) groups is 2. The normalized spacial score (nSPS) is 28.3. The lowest BCUT2D eigenvalue weighted by Crippen LogP contribution is -2.51. The smallest absolute Gasteiger partial charge is 0.254 e. The summed E-state index contributed by atoms with van der Waals surface area (Å²) in [5, 5.41) is 5.40. The minimum Gasteiger partial charge on any atom is -0.383 e. The van der Waals surface area contributed by atoms with Gasteiger partial charge in [-0.25, -0.2) is 0 Å². The van der Waals surface area contributed by atoms with Crippen LogP contribution in [0, 0.1) is 11.8 Å². The van der Waals surface area contributed by atoms with Crippen molar-refractivity contribution < 1.29 is 14.3 Å². The molecule has 4 rings (SSSR count). The quantitative estimate of drug-likeness (QED) is 0.713. The first-order chi connectivity index (χ1) is 15.0. The monoisotopic (exact) mass is 440 g/mol. The van der Waals surface area contributed by atoms with Crippen LogP contribution >= 0.6 is 11.3 Å². The molecule has 1 fully saturated rings. The number of rotatable bonds is 6. The maximum absolute atomic E-state index is 13.8. The van der Waals surface area contributed by atoms with Crippen molar-refractivity contribution >= 4 is 23.2 Å². The molecule has 5 atom stereocenters. The third-order valence-electron chi connectivity index (χ3n) is 7.13. The zero-order valence-corrected chi connectivity index (χ0v) is 19.4. The first-order valence-corrected chi connectivity index (χ1v) is 12.1. The van der Waals surface area contributed by atoms with Crippen LogP contribution in [-0.4, -0.2) is 43.0 Å². The van der Waals surface area contributed by atoms with Crippen LogP contribution in [0.2, 0.25) is 0 Å². The van der Waals surface area contributed by atoms with Gasteiger partial charge in [-0.15, -0.1) is 11.3 Å². The average molecular weight is 441 g/mol. The highest BCUT2D eigenvalue weighted by molar-refractivity contribution is 7.10. The first-order valence-electron chi connectivity index (χ1n) is 11.3. The zero-order chi connectivity index (χ0) is 22.0. The van der Waals surface area contributed by atoms with Crippen LogP contribution in [0.25, 0.3) is 0 Å². The molecule has 0 bridgehead atoms. The minimum atomic E-state index is -0.436. The van der Waals surface area contributed by atoms with E-state index in [9.17, 15) is 9.59 Å². The minimum absolute atomic E-state index is 0.0201. The number of methoxy groups -OCH3 is 1. The zero-order valence-electron chi connectivity index (χ0n) is 18.5. The summed E-state index contributed by atoms with van der Waals surface area (Å²) < 4.78 is 5.30. The lowest BCUT2D eigenvalue weighted by atomic mass is 9.77. The van der Waals surface area contributed by atoms with E-state index in [1.807, 2.05) is 46.7 Å². The van der Waals surface area contributed by atoms with Gasteiger partial charge in [-0.2, -0.15) is 0 Å². The van der Waals surface area contributed by atoms with Gasteiger partial charge in [0.1, 0.15) is 0 Å². The van der Waals surface area contributed by atoms with Crippen molar-refractivity contribution in [3.63, 3.8) is 0 Å². The van der Waals surface area contributed by atoms with Crippen LogP contribution in [0.3, 0.4) is 0 Å². The Bertz CT molecular complexity index is 913. The molecule has 166 valence electrons. The van der Waals surface area contributed by atoms with Crippen LogP contribution in [0.1, 0.15) is 65.9 Å². The predicted octanol–water partition coefficient (Wildman–Crippen LogP) is 4.62. The number of fused-ring (bicyclic) bond motifs is 1. The third kappa shape index (κ3) is 4.28. The summed E-state index contributed by atoms with van der Waals surface area (Å²) in [6.07, 6.45) is 3.38. The second-order valence-corrected chi connectivity index (χ2v) is 9.88. The Morgan fingerprint density at radius 3 is 2.74 bits per heavy atom. The molecule has 1 aliphatic carbocycles. The summed E-state index contributed by atoms with van der Waals surface area (Å²) in [6.45, 7) is 5.40. The van der Waals surface area contributed by atoms with E-state index in [1.165, 1.54) is 6.42 Å². The lowest BCUT2D eigenvalue weighted by molar-refractivity contribution is -0.125. The fourth-order valence-electron chi connectivity index (χ4n) is 5.14. The van der Waals surface area contributed by atoms with Gasteiger partial charge in [-0.1, -0.05) is 51.0 Å². The molecule has 1 N–H and O–H groups in total. The van der Waals surface area contributed by atoms with Crippen molar-refractivity contribution in [1.82, 2.24) is 10.2 Å². The van der Waals surface area contributed by atoms with Crippen molar-refractivity contribution in [2.24, 2.45) is 11.8 Å². The second kappa shape index (κ2) is 9.53. The molecule has 0 saturated heterocycles. The van der Waals surface area contributed by atoms with E-state index in [2.05, 4.69) is 19.2 Å². The number of carbonyl (C=O) groups excluding carboxylic acids is 2. The van der Waals surface area contributed by atoms with Crippen LogP contribution in [-0.2, 0) is 9.53 Å². The summed E-state index contributed by atoms with van der Waals surface area (Å²) in [6, 6.07) is 11.4. The molecule has 1 aliphatic heterocycles. The van der Waals surface area contributed by atoms with Gasteiger partial charge in [0.15, 0.2) is 0 Å². The maximum Gasteiger partial charge on any atom is 0.254 e. The lowest BCUT2D eigenvalue weighted by Gasteiger charge is -2.42. The SMILES string of the molecule is COCCN1C(=O)c2ccccc2[C@H](C(=O)N[C@@H]2CCC[C@H](C)[C@H]2C)[C@@H]1c1cccs1. The van der Waals surface area contributed by atoms with Crippen molar-refractivity contribution in [3.8, 4) is 0 Å². The molecule has 1 aromatic carbocycles. The summed E-state index contributed by atoms with van der Waals surface area (Å²) in [4.78, 5) is 30.1. The maximum atomic E-state index is 13.8. The van der Waals surface area contributed by atoms with Crippen LogP contribution < -0.4 is 5.32 Å². The van der Waals surface area contributed by atoms with Gasteiger partial charge in [-0.05, 0) is 41.3 Å². The number of nitrogens with zero attached hydrogens (tertiary/aromatic N) is 1. The highest BCUT2D eigenvalue weighted by atomic mass is 32.1. The average Bonchev–Trinajstić information content (AvgIpc) is 3.30. The number of ether oxygens (including phenoxy) is 1. The topological polar surface area (TPSA) is 58.6 Å². The Balaban J connectivity index is 1.73. The fraction of sp³-hybridized carbons (Fsp3) is 0.520. The number of benzene rings is 1. The van der Waals surface area contributed by atoms with Crippen LogP contribution in [0.5, 0.6) is 0 Å². The number of amides is 2. The molecule has 31 heavy (non-hydrogen) atoms. The Hall–Kier alpha value is -2.18. The summed E-state index contributed by atoms with van der Waals surface area (Å²) in [5.74, 6) is 0.601. The molecule has 2 heterocycles. The van der Waals surface area contributed by atoms with Gasteiger partial charge in [0.25, 0.3) is 5.91 Å². The number of hydrogen-bond acceptors (Lipinski definition) is 4. The van der Waals surface area contributed by atoms with Gasteiger partial charge in [-0.3, -0.25) is 9.59 Å². The first kappa shape index (κ1) is 22.0. The van der Waals surface area contributed by atoms with E-state index >= 15 is 0 Å². The van der Waals surface area contributed by atoms with Crippen LogP contribution in [0.4, 0.5) is 0 Å². The van der Waals surface area contributed by atoms with Crippen molar-refractivity contribution in [2.75, 3.05) is 20.3 Å². The van der Waals surface area contributed by atoms with Gasteiger partial charge in [0.2, 0.25) is 5.91 Å². The van der Waals surface area contributed by atoms with Crippen LogP contribution in [0.15, 0.2) is 41.8 Å². The van der Waals surface area contributed by atoms with E-state index < -0.39 is 5.92 Å². The molecule has 1 aromatic heterocycles. The summed E-state index contributed by atoms with van der Waals surface area (Å²) in [5.41, 5.74) is 1.45. The van der Waals surface area contributed by atoms with E-state index in [1.54, 1.807) is 18.4 Å². The van der Waals surface area contributed by atoms with E-state index in [0.29, 0.717) is 30.6 Å². The van der Waals surface area contributed by atoms with Crippen molar-refractivity contribution in [3.05, 3.63) is 57.8 Å². The molecule has 2 aromatic rings. The highest BCUT2D eigenvalue weighted by Gasteiger charge is 2.45. The summed E-state index contributed by atoms with van der Waals surface area (Å²) >= 11 is 1.60. The van der Waals surface area contributed by atoms with E-state index in [-0.39, 0.29) is 23.9 Å². The number of nitrogens with one attached hydrogen (secondary N) is 1. The molecule has 2 aliphatic rings. The van der Waals surface area contributed by atoms with E-state index in [0.717, 1.165) is 23.3 Å². The second-order valence-electron chi connectivity index (χ2n) is 8.90. The molecule has 0 radical (unpaired) electrons. The molecular weight excluding hydrogens is 408 g/mol. The molecular formula is C25H32N2O3S. The van der Waals surface area contributed by atoms with E-state index in [4.69, 9.17) is 4.74 Å². The predicted molar refractivity (Wildman–Crippen MR) is 123 cm³/mol. The Labute approximate surface area is 188 Å². The molecule has 0 unspecified atom stereocenters. The Kier molecular flexibility index (Phi) is 6.77. The Morgan fingerprint density at radius 2 is 2.00 bits per heavy atom.